The number of anilines is 1. The van der Waals surface area contributed by atoms with Gasteiger partial charge in [-0.25, -0.2) is 0 Å². The molecule has 0 atom stereocenters. The molecule has 0 spiro atoms. The lowest BCUT2D eigenvalue weighted by Crippen LogP contribution is -2.49. The van der Waals surface area contributed by atoms with Crippen molar-refractivity contribution in [2.24, 2.45) is 0 Å². The van der Waals surface area contributed by atoms with Crippen LogP contribution in [0.1, 0.15) is 17.5 Å². The number of carbonyl (C=O) groups is 1. The highest BCUT2D eigenvalue weighted by Gasteiger charge is 2.22. The van der Waals surface area contributed by atoms with E-state index in [1.165, 1.54) is 27.6 Å². The fourth-order valence-corrected chi connectivity index (χ4v) is 4.20. The molecule has 4 rings (SSSR count). The smallest absolute Gasteiger partial charge is 0.223 e. The quantitative estimate of drug-likeness (QED) is 0.617. The van der Waals surface area contributed by atoms with Gasteiger partial charge in [0.05, 0.1) is 0 Å². The molecule has 1 amide bonds. The second-order valence-electron chi connectivity index (χ2n) is 7.44. The number of rotatable bonds is 4. The second kappa shape index (κ2) is 8.24. The zero-order valence-corrected chi connectivity index (χ0v) is 17.0. The fraction of sp³-hybridized carbons (Fsp3) is 0.292. The molecule has 0 unspecified atom stereocenters. The lowest BCUT2D eigenvalue weighted by molar-refractivity contribution is -0.131. The van der Waals surface area contributed by atoms with Crippen molar-refractivity contribution < 1.29 is 4.79 Å². The number of carbonyl (C=O) groups excluding carboxylic acids is 1. The number of piperazine rings is 1. The lowest BCUT2D eigenvalue weighted by Gasteiger charge is -2.37. The third-order valence-corrected chi connectivity index (χ3v) is 5.87. The third-order valence-electron chi connectivity index (χ3n) is 5.63. The predicted molar refractivity (Wildman–Crippen MR) is 117 cm³/mol. The molecule has 3 aromatic rings. The average Bonchev–Trinajstić information content (AvgIpc) is 2.74. The van der Waals surface area contributed by atoms with Gasteiger partial charge >= 0.3 is 0 Å². The van der Waals surface area contributed by atoms with Crippen molar-refractivity contribution in [1.29, 1.82) is 0 Å². The molecule has 0 radical (unpaired) electrons. The SMILES string of the molecule is Cc1ccc(Cl)cc1N1CCN(C(=O)CCc2cccc3ccccc23)CC1. The van der Waals surface area contributed by atoms with Gasteiger partial charge in [0, 0.05) is 43.3 Å². The molecule has 1 saturated heterocycles. The number of hydrogen-bond acceptors (Lipinski definition) is 2. The summed E-state index contributed by atoms with van der Waals surface area (Å²) in [5, 5.41) is 3.24. The summed E-state index contributed by atoms with van der Waals surface area (Å²) in [7, 11) is 0. The van der Waals surface area contributed by atoms with Crippen LogP contribution in [0.3, 0.4) is 0 Å². The molecule has 3 nitrogen and oxygen atoms in total. The Bertz CT molecular complexity index is 988. The largest absolute Gasteiger partial charge is 0.368 e. The standard InChI is InChI=1S/C24H25ClN2O/c1-18-9-11-21(25)17-23(18)26-13-15-27(16-14-26)24(28)12-10-20-7-4-6-19-5-2-3-8-22(19)20/h2-9,11,17H,10,12-16H2,1H3. The van der Waals surface area contributed by atoms with Gasteiger partial charge in [-0.1, -0.05) is 60.1 Å². The first-order valence-electron chi connectivity index (χ1n) is 9.87. The van der Waals surface area contributed by atoms with Gasteiger partial charge in [-0.15, -0.1) is 0 Å². The van der Waals surface area contributed by atoms with E-state index in [9.17, 15) is 4.79 Å². The summed E-state index contributed by atoms with van der Waals surface area (Å²) in [6, 6.07) is 20.7. The highest BCUT2D eigenvalue weighted by Crippen LogP contribution is 2.26. The molecule has 0 bridgehead atoms. The summed E-state index contributed by atoms with van der Waals surface area (Å²) >= 11 is 6.16. The molecule has 1 aliphatic heterocycles. The molecule has 0 aromatic heterocycles. The number of benzene rings is 3. The van der Waals surface area contributed by atoms with Gasteiger partial charge in [0.15, 0.2) is 0 Å². The zero-order chi connectivity index (χ0) is 19.5. The van der Waals surface area contributed by atoms with Crippen LogP contribution in [0.4, 0.5) is 5.69 Å². The van der Waals surface area contributed by atoms with Crippen LogP contribution in [-0.2, 0) is 11.2 Å². The molecule has 0 N–H and O–H groups in total. The summed E-state index contributed by atoms with van der Waals surface area (Å²) < 4.78 is 0. The van der Waals surface area contributed by atoms with E-state index in [0.717, 1.165) is 37.6 Å². The Kier molecular flexibility index (Phi) is 5.54. The van der Waals surface area contributed by atoms with Crippen LogP contribution in [0, 0.1) is 6.92 Å². The van der Waals surface area contributed by atoms with Crippen molar-refractivity contribution in [2.75, 3.05) is 31.1 Å². The Morgan fingerprint density at radius 3 is 2.54 bits per heavy atom. The van der Waals surface area contributed by atoms with Gasteiger partial charge in [-0.05, 0) is 47.4 Å². The molecular formula is C24H25ClN2O. The molecule has 1 heterocycles. The van der Waals surface area contributed by atoms with Gasteiger partial charge in [0.1, 0.15) is 0 Å². The highest BCUT2D eigenvalue weighted by atomic mass is 35.5. The van der Waals surface area contributed by atoms with Crippen molar-refractivity contribution in [1.82, 2.24) is 4.90 Å². The molecule has 1 aliphatic rings. The Balaban J connectivity index is 1.36. The first kappa shape index (κ1) is 18.8. The molecule has 144 valence electrons. The van der Waals surface area contributed by atoms with E-state index in [1.807, 2.05) is 17.0 Å². The van der Waals surface area contributed by atoms with Gasteiger partial charge in [0.2, 0.25) is 5.91 Å². The van der Waals surface area contributed by atoms with Crippen molar-refractivity contribution in [3.63, 3.8) is 0 Å². The first-order chi connectivity index (χ1) is 13.6. The van der Waals surface area contributed by atoms with Crippen LogP contribution >= 0.6 is 11.6 Å². The molecule has 3 aromatic carbocycles. The summed E-state index contributed by atoms with van der Waals surface area (Å²) in [6.45, 7) is 5.33. The normalized spacial score (nSPS) is 14.5. The van der Waals surface area contributed by atoms with Crippen molar-refractivity contribution in [3.05, 3.63) is 76.8 Å². The maximum absolute atomic E-state index is 12.8. The zero-order valence-electron chi connectivity index (χ0n) is 16.2. The van der Waals surface area contributed by atoms with Crippen molar-refractivity contribution >= 4 is 34.0 Å². The highest BCUT2D eigenvalue weighted by molar-refractivity contribution is 6.30. The number of fused-ring (bicyclic) bond motifs is 1. The van der Waals surface area contributed by atoms with Gasteiger partial charge in [-0.2, -0.15) is 0 Å². The first-order valence-corrected chi connectivity index (χ1v) is 10.2. The monoisotopic (exact) mass is 392 g/mol. The summed E-state index contributed by atoms with van der Waals surface area (Å²) in [5.41, 5.74) is 3.65. The number of halogens is 1. The molecule has 0 aliphatic carbocycles. The summed E-state index contributed by atoms with van der Waals surface area (Å²) in [5.74, 6) is 0.246. The van der Waals surface area contributed by atoms with E-state index in [1.54, 1.807) is 0 Å². The molecule has 1 fully saturated rings. The Morgan fingerprint density at radius 1 is 0.964 bits per heavy atom. The van der Waals surface area contributed by atoms with Crippen LogP contribution in [0.15, 0.2) is 60.7 Å². The number of aryl methyl sites for hydroxylation is 2. The number of nitrogens with zero attached hydrogens (tertiary/aromatic N) is 2. The topological polar surface area (TPSA) is 23.6 Å². The van der Waals surface area contributed by atoms with Gasteiger partial charge in [0.25, 0.3) is 0 Å². The van der Waals surface area contributed by atoms with Crippen molar-refractivity contribution in [2.45, 2.75) is 19.8 Å². The Hall–Kier alpha value is -2.52. The minimum absolute atomic E-state index is 0.246. The third kappa shape index (κ3) is 4.00. The maximum Gasteiger partial charge on any atom is 0.223 e. The maximum atomic E-state index is 12.8. The van der Waals surface area contributed by atoms with Crippen LogP contribution in [-0.4, -0.2) is 37.0 Å². The van der Waals surface area contributed by atoms with E-state index >= 15 is 0 Å². The number of amides is 1. The Labute approximate surface area is 171 Å². The molecular weight excluding hydrogens is 368 g/mol. The minimum atomic E-state index is 0.246. The summed E-state index contributed by atoms with van der Waals surface area (Å²) in [6.07, 6.45) is 1.35. The van der Waals surface area contributed by atoms with E-state index in [0.29, 0.717) is 6.42 Å². The minimum Gasteiger partial charge on any atom is -0.368 e. The average molecular weight is 393 g/mol. The summed E-state index contributed by atoms with van der Waals surface area (Å²) in [4.78, 5) is 17.1. The molecule has 4 heteroatoms. The van der Waals surface area contributed by atoms with E-state index in [4.69, 9.17) is 11.6 Å². The van der Waals surface area contributed by atoms with E-state index in [2.05, 4.69) is 60.4 Å². The number of hydrogen-bond donors (Lipinski definition) is 0. The van der Waals surface area contributed by atoms with Crippen LogP contribution in [0.5, 0.6) is 0 Å². The molecule has 0 saturated carbocycles. The van der Waals surface area contributed by atoms with Crippen molar-refractivity contribution in [3.8, 4) is 0 Å². The van der Waals surface area contributed by atoms with Gasteiger partial charge in [-0.3, -0.25) is 4.79 Å². The predicted octanol–water partition coefficient (Wildman–Crippen LogP) is 5.08. The molecule has 28 heavy (non-hydrogen) atoms. The van der Waals surface area contributed by atoms with Crippen LogP contribution < -0.4 is 4.90 Å². The fourth-order valence-electron chi connectivity index (χ4n) is 4.03. The van der Waals surface area contributed by atoms with Gasteiger partial charge < -0.3 is 9.80 Å². The van der Waals surface area contributed by atoms with Crippen LogP contribution in [0.25, 0.3) is 10.8 Å². The van der Waals surface area contributed by atoms with E-state index < -0.39 is 0 Å². The van der Waals surface area contributed by atoms with Crippen LogP contribution in [0.2, 0.25) is 5.02 Å². The van der Waals surface area contributed by atoms with E-state index in [-0.39, 0.29) is 5.91 Å². The Morgan fingerprint density at radius 2 is 1.71 bits per heavy atom. The second-order valence-corrected chi connectivity index (χ2v) is 7.87. The lowest BCUT2D eigenvalue weighted by atomic mass is 10.0.